The van der Waals surface area contributed by atoms with Crippen LogP contribution in [0.3, 0.4) is 0 Å². The van der Waals surface area contributed by atoms with Crippen molar-refractivity contribution in [3.8, 4) is 5.75 Å². The number of alkyl halides is 3. The number of rotatable bonds is 7. The molecule has 0 bridgehead atoms. The number of fused-ring (bicyclic) bond motifs is 1. The van der Waals surface area contributed by atoms with Crippen LogP contribution in [0.15, 0.2) is 18.2 Å². The topological polar surface area (TPSA) is 72.5 Å². The summed E-state index contributed by atoms with van der Waals surface area (Å²) in [6.07, 6.45) is 3.47. The largest absolute Gasteiger partial charge is 0.534 e. The van der Waals surface area contributed by atoms with Crippen LogP contribution < -0.4 is 9.50 Å². The van der Waals surface area contributed by atoms with Gasteiger partial charge in [-0.2, -0.15) is 21.6 Å². The molecule has 0 radical (unpaired) electrons. The van der Waals surface area contributed by atoms with E-state index in [1.807, 2.05) is 13.8 Å². The first-order valence-electron chi connectivity index (χ1n) is 9.33. The average Bonchev–Trinajstić information content (AvgIpc) is 3.40. The molecule has 28 heavy (non-hydrogen) atoms. The Kier molecular flexibility index (Phi) is 5.53. The van der Waals surface area contributed by atoms with Gasteiger partial charge in [0.15, 0.2) is 5.78 Å². The molecule has 1 aromatic rings. The fourth-order valence-corrected chi connectivity index (χ4v) is 4.15. The molecule has 9 heteroatoms. The Balaban J connectivity index is 1.87. The smallest absolute Gasteiger partial charge is 0.376 e. The van der Waals surface area contributed by atoms with Crippen molar-refractivity contribution in [2.75, 3.05) is 13.1 Å². The van der Waals surface area contributed by atoms with E-state index in [-0.39, 0.29) is 11.7 Å². The first-order chi connectivity index (χ1) is 12.9. The molecule has 3 rings (SSSR count). The number of carbonyl (C=O) groups is 1. The SMILES string of the molecule is C[C@H]1CC(=O)c2ccc(OS(=O)(=O)C(F)(F)F)cc2[C@]1(C)CCNCC1CC1. The predicted molar refractivity (Wildman–Crippen MR) is 97.7 cm³/mol. The minimum atomic E-state index is -5.76. The molecule has 0 unspecified atom stereocenters. The summed E-state index contributed by atoms with van der Waals surface area (Å²) in [6, 6.07) is 3.73. The zero-order chi connectivity index (χ0) is 20.7. The Hall–Kier alpha value is -1.61. The van der Waals surface area contributed by atoms with Gasteiger partial charge in [-0.3, -0.25) is 4.79 Å². The van der Waals surface area contributed by atoms with Crippen LogP contribution in [0.1, 0.15) is 55.5 Å². The third-order valence-electron chi connectivity index (χ3n) is 5.93. The van der Waals surface area contributed by atoms with Gasteiger partial charge >= 0.3 is 15.6 Å². The van der Waals surface area contributed by atoms with E-state index in [0.717, 1.165) is 18.5 Å². The number of halogens is 3. The van der Waals surface area contributed by atoms with Crippen LogP contribution in [0.4, 0.5) is 13.2 Å². The van der Waals surface area contributed by atoms with Gasteiger partial charge in [0, 0.05) is 12.0 Å². The van der Waals surface area contributed by atoms with Gasteiger partial charge in [0.25, 0.3) is 0 Å². The van der Waals surface area contributed by atoms with E-state index in [2.05, 4.69) is 9.50 Å². The number of Topliss-reactive ketones (excluding diaryl/α,β-unsaturated/α-hetero) is 1. The number of hydrogen-bond donors (Lipinski definition) is 1. The summed E-state index contributed by atoms with van der Waals surface area (Å²) in [7, 11) is -5.76. The Morgan fingerprint density at radius 1 is 1.29 bits per heavy atom. The van der Waals surface area contributed by atoms with Crippen molar-refractivity contribution in [2.45, 2.75) is 50.5 Å². The molecule has 2 aliphatic carbocycles. The molecule has 1 fully saturated rings. The lowest BCUT2D eigenvalue weighted by Crippen LogP contribution is -2.40. The monoisotopic (exact) mass is 419 g/mol. The second-order valence-electron chi connectivity index (χ2n) is 8.03. The maximum atomic E-state index is 12.6. The second-order valence-corrected chi connectivity index (χ2v) is 9.57. The van der Waals surface area contributed by atoms with Gasteiger partial charge in [-0.05, 0) is 73.4 Å². The first kappa shape index (κ1) is 21.1. The van der Waals surface area contributed by atoms with Crippen LogP contribution >= 0.6 is 0 Å². The lowest BCUT2D eigenvalue weighted by molar-refractivity contribution is -0.0500. The van der Waals surface area contributed by atoms with Gasteiger partial charge in [0.2, 0.25) is 0 Å². The average molecular weight is 419 g/mol. The molecule has 0 spiro atoms. The van der Waals surface area contributed by atoms with Crippen LogP contribution in [-0.2, 0) is 15.5 Å². The maximum absolute atomic E-state index is 12.6. The number of benzene rings is 1. The highest BCUT2D eigenvalue weighted by Gasteiger charge is 2.49. The molecule has 0 heterocycles. The molecule has 0 amide bonds. The van der Waals surface area contributed by atoms with Crippen molar-refractivity contribution in [2.24, 2.45) is 11.8 Å². The van der Waals surface area contributed by atoms with Crippen molar-refractivity contribution in [1.29, 1.82) is 0 Å². The van der Waals surface area contributed by atoms with E-state index in [9.17, 15) is 26.4 Å². The highest BCUT2D eigenvalue weighted by molar-refractivity contribution is 7.88. The molecule has 5 nitrogen and oxygen atoms in total. The highest BCUT2D eigenvalue weighted by Crippen LogP contribution is 2.45. The van der Waals surface area contributed by atoms with Crippen LogP contribution in [-0.4, -0.2) is 32.8 Å². The van der Waals surface area contributed by atoms with E-state index >= 15 is 0 Å². The van der Waals surface area contributed by atoms with Crippen molar-refractivity contribution in [3.63, 3.8) is 0 Å². The summed E-state index contributed by atoms with van der Waals surface area (Å²) in [4.78, 5) is 12.4. The predicted octanol–water partition coefficient (Wildman–Crippen LogP) is 3.78. The molecule has 2 atom stereocenters. The van der Waals surface area contributed by atoms with Gasteiger partial charge < -0.3 is 9.50 Å². The summed E-state index contributed by atoms with van der Waals surface area (Å²) in [5.74, 6) is 0.147. The summed E-state index contributed by atoms with van der Waals surface area (Å²) in [6.45, 7) is 5.53. The summed E-state index contributed by atoms with van der Waals surface area (Å²) in [5, 5.41) is 3.39. The van der Waals surface area contributed by atoms with E-state index in [1.165, 1.54) is 25.0 Å². The standard InChI is InChI=1S/C19H24F3NO4S/c1-12-9-17(24)15-6-5-14(27-28(25,26)19(20,21)22)10-16(15)18(12,2)7-8-23-11-13-3-4-13/h5-6,10,12-13,23H,3-4,7-9,11H2,1-2H3/t12-,18+/m0/s1. The summed E-state index contributed by atoms with van der Waals surface area (Å²) < 4.78 is 64.9. The Morgan fingerprint density at radius 2 is 1.96 bits per heavy atom. The van der Waals surface area contributed by atoms with Crippen molar-refractivity contribution < 1.29 is 30.6 Å². The van der Waals surface area contributed by atoms with E-state index in [4.69, 9.17) is 0 Å². The van der Waals surface area contributed by atoms with Crippen molar-refractivity contribution >= 4 is 15.9 Å². The molecule has 2 aliphatic rings. The fraction of sp³-hybridized carbons (Fsp3) is 0.632. The van der Waals surface area contributed by atoms with E-state index in [0.29, 0.717) is 30.5 Å². The van der Waals surface area contributed by atoms with Crippen LogP contribution in [0, 0.1) is 11.8 Å². The van der Waals surface area contributed by atoms with Crippen LogP contribution in [0.25, 0.3) is 0 Å². The third kappa shape index (κ3) is 4.20. The van der Waals surface area contributed by atoms with Crippen molar-refractivity contribution in [1.82, 2.24) is 5.32 Å². The quantitative estimate of drug-likeness (QED) is 0.414. The Labute approximate surface area is 162 Å². The van der Waals surface area contributed by atoms with Crippen LogP contribution in [0.5, 0.6) is 5.75 Å². The number of carbonyl (C=O) groups excluding carboxylic acids is 1. The molecule has 1 aromatic carbocycles. The molecule has 0 saturated heterocycles. The molecule has 0 aliphatic heterocycles. The zero-order valence-electron chi connectivity index (χ0n) is 15.8. The fourth-order valence-electron chi connectivity index (χ4n) is 3.70. The lowest BCUT2D eigenvalue weighted by Gasteiger charge is -2.41. The Morgan fingerprint density at radius 3 is 2.57 bits per heavy atom. The normalized spacial score (nSPS) is 25.5. The third-order valence-corrected chi connectivity index (χ3v) is 6.91. The van der Waals surface area contributed by atoms with Gasteiger partial charge in [-0.25, -0.2) is 0 Å². The van der Waals surface area contributed by atoms with Crippen molar-refractivity contribution in [3.05, 3.63) is 29.3 Å². The number of ketones is 1. The molecular weight excluding hydrogens is 395 g/mol. The van der Waals surface area contributed by atoms with Gasteiger partial charge in [-0.1, -0.05) is 13.8 Å². The molecule has 0 aromatic heterocycles. The number of hydrogen-bond acceptors (Lipinski definition) is 5. The highest BCUT2D eigenvalue weighted by atomic mass is 32.2. The Bertz CT molecular complexity index is 864. The van der Waals surface area contributed by atoms with E-state index in [1.54, 1.807) is 0 Å². The van der Waals surface area contributed by atoms with Gasteiger partial charge in [-0.15, -0.1) is 0 Å². The molecule has 1 N–H and O–H groups in total. The summed E-state index contributed by atoms with van der Waals surface area (Å²) in [5.41, 5.74) is -5.04. The minimum Gasteiger partial charge on any atom is -0.376 e. The van der Waals surface area contributed by atoms with Gasteiger partial charge in [0.05, 0.1) is 0 Å². The summed E-state index contributed by atoms with van der Waals surface area (Å²) >= 11 is 0. The number of nitrogens with one attached hydrogen (secondary N) is 1. The first-order valence-corrected chi connectivity index (χ1v) is 10.7. The van der Waals surface area contributed by atoms with Gasteiger partial charge in [0.1, 0.15) is 5.75 Å². The zero-order valence-corrected chi connectivity index (χ0v) is 16.6. The second kappa shape index (κ2) is 7.33. The molecule has 156 valence electrons. The van der Waals surface area contributed by atoms with Crippen LogP contribution in [0.2, 0.25) is 0 Å². The molecule has 1 saturated carbocycles. The molecular formula is C19H24F3NO4S. The minimum absolute atomic E-state index is 0.0373. The van der Waals surface area contributed by atoms with E-state index < -0.39 is 26.8 Å². The lowest BCUT2D eigenvalue weighted by atomic mass is 9.63. The maximum Gasteiger partial charge on any atom is 0.534 e.